The van der Waals surface area contributed by atoms with E-state index in [1.165, 1.54) is 12.1 Å². The van der Waals surface area contributed by atoms with Crippen LogP contribution in [0.4, 0.5) is 19.0 Å². The summed E-state index contributed by atoms with van der Waals surface area (Å²) in [4.78, 5) is 24.7. The highest BCUT2D eigenvalue weighted by molar-refractivity contribution is 5.92. The van der Waals surface area contributed by atoms with Crippen LogP contribution < -0.4 is 5.32 Å². The number of carbonyl (C=O) groups is 1. The Morgan fingerprint density at radius 3 is 2.49 bits per heavy atom. The molecule has 1 fully saturated rings. The molecule has 182 valence electrons. The fraction of sp³-hybridized carbons (Fsp3) is 0.348. The lowest BCUT2D eigenvalue weighted by Gasteiger charge is -2.16. The van der Waals surface area contributed by atoms with Crippen LogP contribution >= 0.6 is 0 Å². The smallest absolute Gasteiger partial charge is 0.416 e. The van der Waals surface area contributed by atoms with Crippen molar-refractivity contribution in [2.24, 2.45) is 13.0 Å². The summed E-state index contributed by atoms with van der Waals surface area (Å²) in [7, 11) is 1.75. The largest absolute Gasteiger partial charge is 0.475 e. The molecule has 9 nitrogen and oxygen atoms in total. The predicted molar refractivity (Wildman–Crippen MR) is 121 cm³/mol. The first-order valence-electron chi connectivity index (χ1n) is 11.0. The normalized spacial score (nSPS) is 14.9. The van der Waals surface area contributed by atoms with E-state index in [9.17, 15) is 23.1 Å². The second-order valence-electron chi connectivity index (χ2n) is 8.76. The highest BCUT2D eigenvalue weighted by atomic mass is 19.4. The number of hydrogen-bond donors (Lipinski definition) is 2. The third kappa shape index (κ3) is 4.55. The molecule has 0 radical (unpaired) electrons. The number of benzene rings is 1. The quantitative estimate of drug-likeness (QED) is 0.404. The van der Waals surface area contributed by atoms with E-state index in [0.29, 0.717) is 34.2 Å². The Morgan fingerprint density at radius 1 is 1.20 bits per heavy atom. The number of nitrogens with zero attached hydrogens (tertiary/aromatic N) is 6. The Morgan fingerprint density at radius 2 is 1.91 bits per heavy atom. The van der Waals surface area contributed by atoms with Crippen molar-refractivity contribution in [3.8, 4) is 11.4 Å². The van der Waals surface area contributed by atoms with Gasteiger partial charge in [-0.15, -0.1) is 0 Å². The number of nitrogens with one attached hydrogen (secondary N) is 1. The maximum atomic E-state index is 13.0. The minimum absolute atomic E-state index is 0.0472. The zero-order chi connectivity index (χ0) is 24.9. The molecule has 1 aliphatic rings. The molecule has 0 bridgehead atoms. The Bertz CT molecular complexity index is 1410. The number of fused-ring (bicyclic) bond motifs is 1. The van der Waals surface area contributed by atoms with Gasteiger partial charge in [-0.3, -0.25) is 4.68 Å². The number of halogens is 3. The van der Waals surface area contributed by atoms with Crippen molar-refractivity contribution in [1.29, 1.82) is 0 Å². The van der Waals surface area contributed by atoms with E-state index in [4.69, 9.17) is 0 Å². The molecular weight excluding hydrogens is 463 g/mol. The van der Waals surface area contributed by atoms with Crippen LogP contribution in [0.15, 0.2) is 36.7 Å². The standard InChI is InChI=1S/C23H22F3N7O2/c1-12(14-5-6-14)28-18-17-19(30-20(29-18)22(34)35)31-21(15-9-27-32(2)11-15)33(17)10-13-3-7-16(8-4-13)23(24,25)26/h3-4,7-9,11-12,14H,5-6,10H2,1-2H3,(H,34,35)(H,28,29,30). The van der Waals surface area contributed by atoms with E-state index in [2.05, 4.69) is 25.4 Å². The number of aromatic carboxylic acids is 1. The molecule has 3 heterocycles. The summed E-state index contributed by atoms with van der Waals surface area (Å²) in [6.45, 7) is 2.17. The van der Waals surface area contributed by atoms with Gasteiger partial charge in [-0.05, 0) is 43.4 Å². The van der Waals surface area contributed by atoms with E-state index in [1.54, 1.807) is 28.7 Å². The van der Waals surface area contributed by atoms with E-state index >= 15 is 0 Å². The first-order chi connectivity index (χ1) is 16.6. The summed E-state index contributed by atoms with van der Waals surface area (Å²) in [5, 5.41) is 17.1. The van der Waals surface area contributed by atoms with Crippen LogP contribution in [0, 0.1) is 5.92 Å². The monoisotopic (exact) mass is 485 g/mol. The molecule has 1 atom stereocenters. The SMILES string of the molecule is CC(Nc1nc(C(=O)O)nc2nc(-c3cnn(C)c3)n(Cc3ccc(C(F)(F)F)cc3)c12)C1CC1. The van der Waals surface area contributed by atoms with Crippen LogP contribution in [-0.2, 0) is 19.8 Å². The van der Waals surface area contributed by atoms with Gasteiger partial charge in [-0.25, -0.2) is 19.7 Å². The molecule has 1 unspecified atom stereocenters. The van der Waals surface area contributed by atoms with Crippen molar-refractivity contribution in [2.45, 2.75) is 38.5 Å². The molecule has 1 saturated carbocycles. The summed E-state index contributed by atoms with van der Waals surface area (Å²) in [6.07, 6.45) is 1.06. The van der Waals surface area contributed by atoms with Crippen LogP contribution in [0.5, 0.6) is 0 Å². The number of alkyl halides is 3. The first-order valence-corrected chi connectivity index (χ1v) is 11.0. The fourth-order valence-corrected chi connectivity index (χ4v) is 4.05. The minimum Gasteiger partial charge on any atom is -0.475 e. The number of carboxylic acids is 1. The number of hydrogen-bond acceptors (Lipinski definition) is 6. The predicted octanol–water partition coefficient (Wildman–Crippen LogP) is 4.20. The molecule has 5 rings (SSSR count). The summed E-state index contributed by atoms with van der Waals surface area (Å²) in [5.41, 5.74) is 1.16. The van der Waals surface area contributed by atoms with Crippen molar-refractivity contribution in [3.63, 3.8) is 0 Å². The molecule has 3 aromatic heterocycles. The number of carboxylic acid groups (broad SMARTS) is 1. The van der Waals surface area contributed by atoms with Gasteiger partial charge in [0.05, 0.1) is 17.3 Å². The maximum Gasteiger partial charge on any atom is 0.416 e. The number of imidazole rings is 1. The highest BCUT2D eigenvalue weighted by Crippen LogP contribution is 2.36. The van der Waals surface area contributed by atoms with Crippen molar-refractivity contribution >= 4 is 23.0 Å². The Labute approximate surface area is 197 Å². The van der Waals surface area contributed by atoms with E-state index < -0.39 is 17.7 Å². The zero-order valence-electron chi connectivity index (χ0n) is 18.9. The summed E-state index contributed by atoms with van der Waals surface area (Å²) in [5.74, 6) is -0.445. The number of anilines is 1. The molecule has 1 aromatic carbocycles. The van der Waals surface area contributed by atoms with Gasteiger partial charge in [0.25, 0.3) is 0 Å². The van der Waals surface area contributed by atoms with E-state index in [-0.39, 0.29) is 24.1 Å². The number of aromatic nitrogens is 6. The molecule has 2 N–H and O–H groups in total. The Balaban J connectivity index is 1.67. The lowest BCUT2D eigenvalue weighted by molar-refractivity contribution is -0.137. The van der Waals surface area contributed by atoms with Gasteiger partial charge >= 0.3 is 12.1 Å². The van der Waals surface area contributed by atoms with Gasteiger partial charge in [-0.1, -0.05) is 12.1 Å². The summed E-state index contributed by atoms with van der Waals surface area (Å²) in [6, 6.07) is 4.94. The molecule has 12 heteroatoms. The Hall–Kier alpha value is -3.96. The third-order valence-corrected chi connectivity index (χ3v) is 6.07. The second kappa shape index (κ2) is 8.36. The number of rotatable bonds is 7. The third-order valence-electron chi connectivity index (χ3n) is 6.07. The van der Waals surface area contributed by atoms with Gasteiger partial charge < -0.3 is 15.0 Å². The lowest BCUT2D eigenvalue weighted by atomic mass is 10.1. The minimum atomic E-state index is -4.43. The van der Waals surface area contributed by atoms with Crippen LogP contribution in [0.25, 0.3) is 22.6 Å². The first kappa shape index (κ1) is 22.8. The zero-order valence-corrected chi connectivity index (χ0v) is 18.9. The van der Waals surface area contributed by atoms with Crippen LogP contribution in [-0.4, -0.2) is 46.4 Å². The maximum absolute atomic E-state index is 13.0. The van der Waals surface area contributed by atoms with Crippen molar-refractivity contribution in [1.82, 2.24) is 29.3 Å². The van der Waals surface area contributed by atoms with Gasteiger partial charge in [-0.2, -0.15) is 18.3 Å². The average Bonchev–Trinajstić information content (AvgIpc) is 3.47. The van der Waals surface area contributed by atoms with Gasteiger partial charge in [0.2, 0.25) is 5.82 Å². The molecule has 0 amide bonds. The van der Waals surface area contributed by atoms with Crippen LogP contribution in [0.3, 0.4) is 0 Å². The molecule has 0 saturated heterocycles. The lowest BCUT2D eigenvalue weighted by Crippen LogP contribution is -2.20. The number of aryl methyl sites for hydroxylation is 1. The fourth-order valence-electron chi connectivity index (χ4n) is 4.05. The van der Waals surface area contributed by atoms with Crippen molar-refractivity contribution in [3.05, 3.63) is 53.6 Å². The second-order valence-corrected chi connectivity index (χ2v) is 8.76. The topological polar surface area (TPSA) is 111 Å². The molecule has 1 aliphatic carbocycles. The molecule has 4 aromatic rings. The van der Waals surface area contributed by atoms with Gasteiger partial charge in [0, 0.05) is 25.8 Å². The van der Waals surface area contributed by atoms with Crippen molar-refractivity contribution < 1.29 is 23.1 Å². The van der Waals surface area contributed by atoms with E-state index in [0.717, 1.165) is 25.0 Å². The molecule has 0 spiro atoms. The summed E-state index contributed by atoms with van der Waals surface area (Å²) < 4.78 is 42.5. The van der Waals surface area contributed by atoms with Crippen LogP contribution in [0.1, 0.15) is 41.5 Å². The molecule has 35 heavy (non-hydrogen) atoms. The van der Waals surface area contributed by atoms with Crippen molar-refractivity contribution in [2.75, 3.05) is 5.32 Å². The Kier molecular flexibility index (Phi) is 5.45. The molecular formula is C23H22F3N7O2. The van der Waals surface area contributed by atoms with Gasteiger partial charge in [0.15, 0.2) is 11.5 Å². The summed E-state index contributed by atoms with van der Waals surface area (Å²) >= 11 is 0. The van der Waals surface area contributed by atoms with Gasteiger partial charge in [0.1, 0.15) is 11.3 Å². The highest BCUT2D eigenvalue weighted by Gasteiger charge is 2.31. The average molecular weight is 485 g/mol. The van der Waals surface area contributed by atoms with Crippen LogP contribution in [0.2, 0.25) is 0 Å². The molecule has 0 aliphatic heterocycles. The van der Waals surface area contributed by atoms with E-state index in [1.807, 2.05) is 6.92 Å².